The molecule has 0 bridgehead atoms. The quantitative estimate of drug-likeness (QED) is 0.542. The number of aliphatic imine (C=N–C) groups is 1. The predicted molar refractivity (Wildman–Crippen MR) is 61.0 cm³/mol. The van der Waals surface area contributed by atoms with Crippen molar-refractivity contribution in [2.45, 2.75) is 27.7 Å². The maximum atomic E-state index is 5.44. The Morgan fingerprint density at radius 3 is 2.50 bits per heavy atom. The van der Waals surface area contributed by atoms with E-state index < -0.39 is 0 Å². The van der Waals surface area contributed by atoms with Crippen LogP contribution >= 0.6 is 0 Å². The van der Waals surface area contributed by atoms with Crippen LogP contribution in [0.1, 0.15) is 27.7 Å². The Labute approximate surface area is 86.4 Å². The summed E-state index contributed by atoms with van der Waals surface area (Å²) in [4.78, 5) is 4.25. The van der Waals surface area contributed by atoms with E-state index >= 15 is 0 Å². The van der Waals surface area contributed by atoms with Gasteiger partial charge in [-0.15, -0.1) is 0 Å². The van der Waals surface area contributed by atoms with Gasteiger partial charge in [0.05, 0.1) is 18.5 Å². The third-order valence-corrected chi connectivity index (χ3v) is 1.70. The molecule has 0 radical (unpaired) electrons. The number of hydrogen-bond donors (Lipinski definition) is 1. The smallest absolute Gasteiger partial charge is 0.133 e. The van der Waals surface area contributed by atoms with Crippen LogP contribution in [0, 0.1) is 5.92 Å². The largest absolute Gasteiger partial charge is 0.493 e. The summed E-state index contributed by atoms with van der Waals surface area (Å²) in [5.41, 5.74) is 6.30. The monoisotopic (exact) mass is 196 g/mol. The summed E-state index contributed by atoms with van der Waals surface area (Å²) in [5.74, 6) is 1.10. The van der Waals surface area contributed by atoms with Crippen molar-refractivity contribution in [1.29, 1.82) is 0 Å². The van der Waals surface area contributed by atoms with E-state index in [-0.39, 0.29) is 0 Å². The lowest BCUT2D eigenvalue weighted by Gasteiger charge is -2.05. The molecule has 0 saturated heterocycles. The zero-order valence-electron chi connectivity index (χ0n) is 9.45. The first-order chi connectivity index (χ1) is 6.65. The molecule has 14 heavy (non-hydrogen) atoms. The Kier molecular flexibility index (Phi) is 6.54. The summed E-state index contributed by atoms with van der Waals surface area (Å²) in [7, 11) is 0. The third-order valence-electron chi connectivity index (χ3n) is 1.70. The molecule has 80 valence electrons. The summed E-state index contributed by atoms with van der Waals surface area (Å²) in [6, 6.07) is 0. The first-order valence-corrected chi connectivity index (χ1v) is 4.90. The minimum Gasteiger partial charge on any atom is -0.493 e. The fraction of sp³-hybridized carbons (Fsp3) is 0.545. The van der Waals surface area contributed by atoms with Gasteiger partial charge in [-0.25, -0.2) is 0 Å². The van der Waals surface area contributed by atoms with Crippen LogP contribution in [0.4, 0.5) is 0 Å². The fourth-order valence-electron chi connectivity index (χ4n) is 0.885. The average Bonchev–Trinajstić information content (AvgIpc) is 2.16. The summed E-state index contributed by atoms with van der Waals surface area (Å²) in [6.45, 7) is 8.60. The average molecular weight is 196 g/mol. The Morgan fingerprint density at radius 2 is 2.14 bits per heavy atom. The molecule has 0 aromatic carbocycles. The third kappa shape index (κ3) is 4.70. The standard InChI is InChI=1S/C11H20N2O/c1-5-10(14-6-2)8-13-11(7-12)9(3)4/h5,7-9H,6,12H2,1-4H3/b10-5+,11-7-,13-8-. The lowest BCUT2D eigenvalue weighted by atomic mass is 10.1. The van der Waals surface area contributed by atoms with Crippen molar-refractivity contribution in [2.75, 3.05) is 6.61 Å². The molecule has 0 fully saturated rings. The van der Waals surface area contributed by atoms with Gasteiger partial charge in [0.1, 0.15) is 5.76 Å². The van der Waals surface area contributed by atoms with Gasteiger partial charge in [0.25, 0.3) is 0 Å². The first-order valence-electron chi connectivity index (χ1n) is 4.90. The summed E-state index contributed by atoms with van der Waals surface area (Å²) >= 11 is 0. The molecule has 2 N–H and O–H groups in total. The maximum Gasteiger partial charge on any atom is 0.133 e. The molecule has 0 aromatic rings. The van der Waals surface area contributed by atoms with Gasteiger partial charge in [-0.1, -0.05) is 13.8 Å². The van der Waals surface area contributed by atoms with Crippen LogP contribution in [-0.2, 0) is 4.74 Å². The molecule has 0 aliphatic rings. The van der Waals surface area contributed by atoms with Gasteiger partial charge in [0.15, 0.2) is 0 Å². The van der Waals surface area contributed by atoms with Crippen molar-refractivity contribution in [2.24, 2.45) is 16.6 Å². The zero-order chi connectivity index (χ0) is 11.0. The normalized spacial score (nSPS) is 14.1. The van der Waals surface area contributed by atoms with Gasteiger partial charge in [-0.3, -0.25) is 4.99 Å². The van der Waals surface area contributed by atoms with Crippen LogP contribution < -0.4 is 5.73 Å². The van der Waals surface area contributed by atoms with Crippen molar-refractivity contribution in [1.82, 2.24) is 0 Å². The van der Waals surface area contributed by atoms with E-state index in [0.717, 1.165) is 11.5 Å². The van der Waals surface area contributed by atoms with Gasteiger partial charge < -0.3 is 10.5 Å². The number of hydrogen-bond acceptors (Lipinski definition) is 3. The highest BCUT2D eigenvalue weighted by Crippen LogP contribution is 2.09. The highest BCUT2D eigenvalue weighted by atomic mass is 16.5. The molecule has 0 saturated carbocycles. The molecule has 3 nitrogen and oxygen atoms in total. The van der Waals surface area contributed by atoms with Gasteiger partial charge in [-0.2, -0.15) is 0 Å². The van der Waals surface area contributed by atoms with E-state index in [2.05, 4.69) is 4.99 Å². The lowest BCUT2D eigenvalue weighted by molar-refractivity contribution is 0.251. The van der Waals surface area contributed by atoms with Crippen molar-refractivity contribution in [3.63, 3.8) is 0 Å². The maximum absolute atomic E-state index is 5.44. The van der Waals surface area contributed by atoms with Crippen LogP contribution in [0.2, 0.25) is 0 Å². The molecule has 0 rings (SSSR count). The van der Waals surface area contributed by atoms with Gasteiger partial charge in [-0.05, 0) is 25.8 Å². The van der Waals surface area contributed by atoms with Crippen LogP contribution in [-0.4, -0.2) is 12.8 Å². The second-order valence-corrected chi connectivity index (χ2v) is 3.13. The molecule has 0 unspecified atom stereocenters. The van der Waals surface area contributed by atoms with E-state index in [9.17, 15) is 0 Å². The van der Waals surface area contributed by atoms with E-state index in [0.29, 0.717) is 12.5 Å². The topological polar surface area (TPSA) is 47.6 Å². The molecule has 0 aliphatic heterocycles. The molecule has 0 heterocycles. The van der Waals surface area contributed by atoms with Gasteiger partial charge >= 0.3 is 0 Å². The Balaban J connectivity index is 4.40. The minimum absolute atomic E-state index is 0.330. The van der Waals surface area contributed by atoms with Gasteiger partial charge in [0.2, 0.25) is 0 Å². The first kappa shape index (κ1) is 12.8. The van der Waals surface area contributed by atoms with E-state index in [1.165, 1.54) is 6.20 Å². The molecule has 0 amide bonds. The highest BCUT2D eigenvalue weighted by molar-refractivity contribution is 5.76. The number of rotatable bonds is 5. The fourth-order valence-corrected chi connectivity index (χ4v) is 0.885. The van der Waals surface area contributed by atoms with Crippen LogP contribution in [0.15, 0.2) is 28.7 Å². The van der Waals surface area contributed by atoms with Crippen molar-refractivity contribution in [3.05, 3.63) is 23.7 Å². The summed E-state index contributed by atoms with van der Waals surface area (Å²) < 4.78 is 5.31. The van der Waals surface area contributed by atoms with Crippen molar-refractivity contribution in [3.8, 4) is 0 Å². The molecule has 0 aliphatic carbocycles. The SMILES string of the molecule is C\C=C(/C=N\C(=C/N)C(C)C)OCC. The molecule has 0 atom stereocenters. The summed E-state index contributed by atoms with van der Waals surface area (Å²) in [5, 5.41) is 0. The Bertz CT molecular complexity index is 240. The number of ether oxygens (including phenoxy) is 1. The Morgan fingerprint density at radius 1 is 1.50 bits per heavy atom. The van der Waals surface area contributed by atoms with E-state index in [1.807, 2.05) is 33.8 Å². The van der Waals surface area contributed by atoms with E-state index in [4.69, 9.17) is 10.5 Å². The Hall–Kier alpha value is -1.25. The van der Waals surface area contributed by atoms with Crippen LogP contribution in [0.3, 0.4) is 0 Å². The molecule has 3 heteroatoms. The summed E-state index contributed by atoms with van der Waals surface area (Å²) in [6.07, 6.45) is 5.10. The van der Waals surface area contributed by atoms with Crippen LogP contribution in [0.5, 0.6) is 0 Å². The highest BCUT2D eigenvalue weighted by Gasteiger charge is 1.99. The number of nitrogens with two attached hydrogens (primary N) is 1. The number of nitrogens with zero attached hydrogens (tertiary/aromatic N) is 1. The zero-order valence-corrected chi connectivity index (χ0v) is 9.45. The lowest BCUT2D eigenvalue weighted by Crippen LogP contribution is -1.98. The molecule has 0 aromatic heterocycles. The van der Waals surface area contributed by atoms with Crippen LogP contribution in [0.25, 0.3) is 0 Å². The molecular weight excluding hydrogens is 176 g/mol. The van der Waals surface area contributed by atoms with E-state index in [1.54, 1.807) is 6.21 Å². The van der Waals surface area contributed by atoms with Crippen molar-refractivity contribution < 1.29 is 4.74 Å². The molecular formula is C11H20N2O. The number of allylic oxidation sites excluding steroid dienone is 3. The van der Waals surface area contributed by atoms with Gasteiger partial charge in [0, 0.05) is 6.20 Å². The second kappa shape index (κ2) is 7.18. The van der Waals surface area contributed by atoms with Crippen molar-refractivity contribution >= 4 is 6.21 Å². The molecule has 0 spiro atoms. The minimum atomic E-state index is 0.330. The second-order valence-electron chi connectivity index (χ2n) is 3.13. The predicted octanol–water partition coefficient (Wildman–Crippen LogP) is 2.45.